The van der Waals surface area contributed by atoms with Crippen molar-refractivity contribution in [3.8, 4) is 11.6 Å². The molecule has 0 saturated carbocycles. The van der Waals surface area contributed by atoms with E-state index in [1.165, 1.54) is 0 Å². The first kappa shape index (κ1) is 11.1. The van der Waals surface area contributed by atoms with E-state index in [-0.39, 0.29) is 11.5 Å². The van der Waals surface area contributed by atoms with Gasteiger partial charge in [-0.05, 0) is 34.0 Å². The second-order valence-corrected chi connectivity index (χ2v) is 4.54. The maximum absolute atomic E-state index is 11.7. The third-order valence-electron chi connectivity index (χ3n) is 2.19. The van der Waals surface area contributed by atoms with Crippen molar-refractivity contribution in [2.75, 3.05) is 0 Å². The van der Waals surface area contributed by atoms with E-state index in [4.69, 9.17) is 4.42 Å². The Morgan fingerprint density at radius 1 is 1.50 bits per heavy atom. The van der Waals surface area contributed by atoms with Gasteiger partial charge in [0.05, 0.1) is 12.0 Å². The van der Waals surface area contributed by atoms with Crippen LogP contribution in [0.15, 0.2) is 32.1 Å². The van der Waals surface area contributed by atoms with Crippen molar-refractivity contribution in [1.29, 1.82) is 0 Å². The van der Waals surface area contributed by atoms with E-state index in [1.54, 1.807) is 18.4 Å². The molecule has 0 radical (unpaired) electrons. The number of rotatable bonds is 2. The lowest BCUT2D eigenvalue weighted by atomic mass is 10.1. The summed E-state index contributed by atoms with van der Waals surface area (Å²) in [5.74, 6) is 1.19. The van der Waals surface area contributed by atoms with E-state index >= 15 is 0 Å². The van der Waals surface area contributed by atoms with Gasteiger partial charge in [-0.15, -0.1) is 0 Å². The van der Waals surface area contributed by atoms with Crippen LogP contribution in [-0.2, 0) is 0 Å². The summed E-state index contributed by atoms with van der Waals surface area (Å²) in [6.07, 6.45) is 1.55. The second kappa shape index (κ2) is 4.25. The van der Waals surface area contributed by atoms with Crippen LogP contribution in [0.1, 0.15) is 25.5 Å². The average Bonchev–Trinajstić information content (AvgIpc) is 2.74. The molecule has 84 valence electrons. The van der Waals surface area contributed by atoms with E-state index in [2.05, 4.69) is 25.9 Å². The zero-order valence-electron chi connectivity index (χ0n) is 8.95. The molecule has 0 bridgehead atoms. The molecule has 0 spiro atoms. The molecule has 0 aliphatic carbocycles. The Morgan fingerprint density at radius 2 is 2.25 bits per heavy atom. The quantitative estimate of drug-likeness (QED) is 0.921. The molecule has 0 aliphatic heterocycles. The molecule has 0 fully saturated rings. The zero-order valence-corrected chi connectivity index (χ0v) is 10.5. The molecule has 0 aliphatic rings. The predicted molar refractivity (Wildman–Crippen MR) is 64.3 cm³/mol. The molecule has 2 aromatic rings. The number of nitrogens with zero attached hydrogens (tertiary/aromatic N) is 1. The molecule has 5 heteroatoms. The summed E-state index contributed by atoms with van der Waals surface area (Å²) in [6, 6.07) is 3.52. The first-order valence-electron chi connectivity index (χ1n) is 4.93. The highest BCUT2D eigenvalue weighted by Crippen LogP contribution is 2.22. The van der Waals surface area contributed by atoms with E-state index in [0.717, 1.165) is 5.69 Å². The Bertz CT molecular complexity index is 544. The lowest BCUT2D eigenvalue weighted by Crippen LogP contribution is -2.14. The van der Waals surface area contributed by atoms with Crippen molar-refractivity contribution in [1.82, 2.24) is 9.97 Å². The maximum atomic E-state index is 11.7. The van der Waals surface area contributed by atoms with Crippen LogP contribution in [0.4, 0.5) is 0 Å². The number of H-pyrrole nitrogens is 1. The minimum atomic E-state index is -0.190. The lowest BCUT2D eigenvalue weighted by molar-refractivity contribution is 0.575. The number of hydrogen-bond donors (Lipinski definition) is 1. The van der Waals surface area contributed by atoms with Gasteiger partial charge in [0.1, 0.15) is 4.47 Å². The Morgan fingerprint density at radius 3 is 2.81 bits per heavy atom. The Balaban J connectivity index is 2.62. The second-order valence-electron chi connectivity index (χ2n) is 3.75. The molecule has 0 atom stereocenters. The van der Waals surface area contributed by atoms with E-state index < -0.39 is 0 Å². The number of aromatic nitrogens is 2. The zero-order chi connectivity index (χ0) is 11.7. The van der Waals surface area contributed by atoms with Crippen molar-refractivity contribution < 1.29 is 4.42 Å². The first-order valence-corrected chi connectivity index (χ1v) is 5.72. The summed E-state index contributed by atoms with van der Waals surface area (Å²) >= 11 is 3.24. The summed E-state index contributed by atoms with van der Waals surface area (Å²) in [5.41, 5.74) is 0.542. The minimum absolute atomic E-state index is 0.172. The van der Waals surface area contributed by atoms with Gasteiger partial charge in [-0.25, -0.2) is 4.98 Å². The van der Waals surface area contributed by atoms with Gasteiger partial charge in [-0.3, -0.25) is 4.79 Å². The van der Waals surface area contributed by atoms with Gasteiger partial charge in [-0.2, -0.15) is 0 Å². The topological polar surface area (TPSA) is 58.9 Å². The largest absolute Gasteiger partial charge is 0.461 e. The smallest absolute Gasteiger partial charge is 0.265 e. The fraction of sp³-hybridized carbons (Fsp3) is 0.273. The molecule has 2 heterocycles. The molecule has 0 amide bonds. The van der Waals surface area contributed by atoms with Crippen molar-refractivity contribution in [2.45, 2.75) is 19.8 Å². The summed E-state index contributed by atoms with van der Waals surface area (Å²) < 4.78 is 5.69. The van der Waals surface area contributed by atoms with Gasteiger partial charge < -0.3 is 9.40 Å². The van der Waals surface area contributed by atoms with Gasteiger partial charge in [0.25, 0.3) is 5.56 Å². The van der Waals surface area contributed by atoms with Crippen LogP contribution >= 0.6 is 15.9 Å². The van der Waals surface area contributed by atoms with Crippen LogP contribution in [0, 0.1) is 0 Å². The van der Waals surface area contributed by atoms with Crippen molar-refractivity contribution in [2.24, 2.45) is 0 Å². The molecule has 2 aromatic heterocycles. The third-order valence-corrected chi connectivity index (χ3v) is 2.96. The summed E-state index contributed by atoms with van der Waals surface area (Å²) in [5, 5.41) is 0. The molecule has 0 unspecified atom stereocenters. The third kappa shape index (κ3) is 1.95. The normalized spacial score (nSPS) is 11.0. The molecular weight excluding hydrogens is 272 g/mol. The van der Waals surface area contributed by atoms with Crippen LogP contribution in [0.5, 0.6) is 0 Å². The molecule has 1 N–H and O–H groups in total. The maximum Gasteiger partial charge on any atom is 0.265 e. The van der Waals surface area contributed by atoms with Gasteiger partial charge in [-0.1, -0.05) is 13.8 Å². The molecule has 0 saturated heterocycles. The van der Waals surface area contributed by atoms with E-state index in [0.29, 0.717) is 16.1 Å². The number of nitrogens with one attached hydrogen (secondary N) is 1. The monoisotopic (exact) mass is 282 g/mol. The molecule has 4 nitrogen and oxygen atoms in total. The van der Waals surface area contributed by atoms with Crippen LogP contribution < -0.4 is 5.56 Å². The Kier molecular flexibility index (Phi) is 2.96. The minimum Gasteiger partial charge on any atom is -0.461 e. The van der Waals surface area contributed by atoms with Crippen LogP contribution in [0.2, 0.25) is 0 Å². The highest BCUT2D eigenvalue weighted by atomic mass is 79.9. The fourth-order valence-corrected chi connectivity index (χ4v) is 2.03. The molecule has 0 aromatic carbocycles. The Hall–Kier alpha value is -1.36. The first-order chi connectivity index (χ1) is 7.59. The molecule has 2 rings (SSSR count). The number of furan rings is 1. The summed E-state index contributed by atoms with van der Waals surface area (Å²) in [6.45, 7) is 3.97. The van der Waals surface area contributed by atoms with E-state index in [1.807, 2.05) is 13.8 Å². The molecular formula is C11H11BrN2O2. The summed E-state index contributed by atoms with van der Waals surface area (Å²) in [4.78, 5) is 18.7. The Labute approximate surface area is 101 Å². The average molecular weight is 283 g/mol. The highest BCUT2D eigenvalue weighted by molar-refractivity contribution is 9.10. The van der Waals surface area contributed by atoms with Gasteiger partial charge in [0.15, 0.2) is 11.6 Å². The van der Waals surface area contributed by atoms with Crippen molar-refractivity contribution >= 4 is 15.9 Å². The fourth-order valence-electron chi connectivity index (χ4n) is 1.39. The van der Waals surface area contributed by atoms with Crippen molar-refractivity contribution in [3.05, 3.63) is 38.9 Å². The highest BCUT2D eigenvalue weighted by Gasteiger charge is 2.14. The number of hydrogen-bond acceptors (Lipinski definition) is 3. The van der Waals surface area contributed by atoms with Gasteiger partial charge in [0, 0.05) is 0 Å². The standard InChI is InChI=1S/C11H11BrN2O2/c1-6(2)9-8(12)11(15)14-10(13-9)7-4-3-5-16-7/h3-6H,1-2H3,(H,13,14,15). The number of aromatic amines is 1. The van der Waals surface area contributed by atoms with Crippen LogP contribution in [-0.4, -0.2) is 9.97 Å². The van der Waals surface area contributed by atoms with Gasteiger partial charge >= 0.3 is 0 Å². The van der Waals surface area contributed by atoms with E-state index in [9.17, 15) is 4.79 Å². The molecule has 16 heavy (non-hydrogen) atoms. The predicted octanol–water partition coefficient (Wildman–Crippen LogP) is 2.92. The summed E-state index contributed by atoms with van der Waals surface area (Å²) in [7, 11) is 0. The number of halogens is 1. The SMILES string of the molecule is CC(C)c1nc(-c2ccco2)[nH]c(=O)c1Br. The van der Waals surface area contributed by atoms with Gasteiger partial charge in [0.2, 0.25) is 0 Å². The van der Waals surface area contributed by atoms with Crippen molar-refractivity contribution in [3.63, 3.8) is 0 Å². The van der Waals surface area contributed by atoms with Crippen LogP contribution in [0.25, 0.3) is 11.6 Å². The van der Waals surface area contributed by atoms with Crippen LogP contribution in [0.3, 0.4) is 0 Å². The lowest BCUT2D eigenvalue weighted by Gasteiger charge is -2.07.